The molecule has 0 aliphatic heterocycles. The molecule has 0 spiro atoms. The molecule has 0 aromatic rings. The van der Waals surface area contributed by atoms with E-state index in [1.807, 2.05) is 0 Å². The first-order valence-corrected chi connectivity index (χ1v) is 14.0. The number of amides is 3. The fourth-order valence-corrected chi connectivity index (χ4v) is 3.14. The van der Waals surface area contributed by atoms with E-state index in [0.717, 1.165) is 7.11 Å². The van der Waals surface area contributed by atoms with Gasteiger partial charge in [0.15, 0.2) is 0 Å². The summed E-state index contributed by atoms with van der Waals surface area (Å²) in [5.74, 6) is -0.485. The molecular formula is C24H51N3O13P-. The molecule has 16 nitrogen and oxygen atoms in total. The maximum Gasteiger partial charge on any atom is 0.407 e. The minimum atomic E-state index is -4.34. The molecule has 17 heteroatoms. The molecule has 0 aromatic heterocycles. The second-order valence-electron chi connectivity index (χ2n) is 7.71. The summed E-state index contributed by atoms with van der Waals surface area (Å²) in [6.07, 6.45) is 0.0565. The molecule has 0 heterocycles. The van der Waals surface area contributed by atoms with Crippen LogP contribution in [-0.2, 0) is 46.8 Å². The molecule has 2 unspecified atom stereocenters. The van der Waals surface area contributed by atoms with Crippen LogP contribution < -0.4 is 20.8 Å². The van der Waals surface area contributed by atoms with E-state index < -0.39 is 32.0 Å². The quantitative estimate of drug-likeness (QED) is 0.0972. The van der Waals surface area contributed by atoms with Gasteiger partial charge in [0, 0.05) is 34.4 Å². The van der Waals surface area contributed by atoms with Crippen molar-refractivity contribution in [1.29, 1.82) is 0 Å². The van der Waals surface area contributed by atoms with Gasteiger partial charge in [0.25, 0.3) is 7.82 Å². The Kier molecular flexibility index (Phi) is 31.2. The van der Waals surface area contributed by atoms with Crippen LogP contribution >= 0.6 is 7.82 Å². The van der Waals surface area contributed by atoms with Crippen molar-refractivity contribution >= 4 is 25.9 Å². The molecule has 0 aromatic carbocycles. The second-order valence-corrected chi connectivity index (χ2v) is 9.23. The van der Waals surface area contributed by atoms with Crippen LogP contribution in [-0.4, -0.2) is 118 Å². The zero-order chi connectivity index (χ0) is 29.2. The van der Waals surface area contributed by atoms with Crippen molar-refractivity contribution < 1.29 is 61.3 Å². The number of phosphoric acid groups is 1. The van der Waals surface area contributed by atoms with Gasteiger partial charge in [-0.1, -0.05) is 14.9 Å². The van der Waals surface area contributed by atoms with Crippen LogP contribution in [0.1, 0.15) is 40.5 Å². The van der Waals surface area contributed by atoms with Crippen molar-refractivity contribution in [2.75, 3.05) is 93.9 Å². The number of phosphoric ester groups is 1. The van der Waals surface area contributed by atoms with Crippen LogP contribution in [0.25, 0.3) is 0 Å². The standard InChI is InChI=1S/C22H44N3O13P.2CH4/c1-31-11-13-34-15-17-36-21(27)24-8-5-4-7-19(25-22(28)37-18-16-35-14-12-32-2)20(26)23-9-6-10-38-39(29,30)33-3;;/h19H,4-18H2,1-3H3,(H,23,26)(H,24,27)(H,25,28)(H,29,30);2*1H4/p-1. The number of hydrogen-bond donors (Lipinski definition) is 3. The van der Waals surface area contributed by atoms with Crippen molar-refractivity contribution in [3.63, 3.8) is 0 Å². The fourth-order valence-electron chi connectivity index (χ4n) is 2.68. The van der Waals surface area contributed by atoms with Gasteiger partial charge in [-0.3, -0.25) is 9.36 Å². The number of unbranched alkanes of at least 4 members (excludes halogenated alkanes) is 1. The molecule has 2 atom stereocenters. The molecule has 3 N–H and O–H groups in total. The second kappa shape index (κ2) is 29.5. The Morgan fingerprint density at radius 1 is 0.707 bits per heavy atom. The largest absolute Gasteiger partial charge is 0.756 e. The minimum absolute atomic E-state index is 0. The number of alkyl carbamates (subject to hydrolysis) is 2. The number of nitrogens with one attached hydrogen (secondary N) is 3. The zero-order valence-electron chi connectivity index (χ0n) is 22.9. The summed E-state index contributed by atoms with van der Waals surface area (Å²) in [4.78, 5) is 47.6. The lowest BCUT2D eigenvalue weighted by Gasteiger charge is -2.21. The fraction of sp³-hybridized carbons (Fsp3) is 0.875. The Balaban J connectivity index is -0.00000722. The molecule has 246 valence electrons. The van der Waals surface area contributed by atoms with Crippen LogP contribution in [0, 0.1) is 0 Å². The average Bonchev–Trinajstić information content (AvgIpc) is 2.91. The third-order valence-electron chi connectivity index (χ3n) is 4.68. The van der Waals surface area contributed by atoms with Crippen LogP contribution in [0.3, 0.4) is 0 Å². The summed E-state index contributed by atoms with van der Waals surface area (Å²) < 4.78 is 50.1. The number of ether oxygens (including phenoxy) is 6. The predicted molar refractivity (Wildman–Crippen MR) is 149 cm³/mol. The Bertz CT molecular complexity index is 704. The van der Waals surface area contributed by atoms with Crippen LogP contribution in [0.5, 0.6) is 0 Å². The third-order valence-corrected chi connectivity index (χ3v) is 5.62. The van der Waals surface area contributed by atoms with E-state index in [-0.39, 0.29) is 67.3 Å². The Morgan fingerprint density at radius 3 is 1.80 bits per heavy atom. The summed E-state index contributed by atoms with van der Waals surface area (Å²) in [5, 5.41) is 7.71. The maximum absolute atomic E-state index is 12.6. The molecule has 0 aliphatic rings. The van der Waals surface area contributed by atoms with E-state index in [0.29, 0.717) is 45.8 Å². The number of hydrogen-bond acceptors (Lipinski definition) is 13. The first-order chi connectivity index (χ1) is 18.8. The Labute approximate surface area is 244 Å². The highest BCUT2D eigenvalue weighted by Gasteiger charge is 2.21. The van der Waals surface area contributed by atoms with Gasteiger partial charge in [-0.05, 0) is 25.7 Å². The molecule has 3 amide bonds. The molecule has 0 rings (SSSR count). The molecule has 0 radical (unpaired) electrons. The molecule has 0 saturated carbocycles. The molecule has 0 saturated heterocycles. The average molecular weight is 621 g/mol. The van der Waals surface area contributed by atoms with Crippen molar-refractivity contribution in [2.45, 2.75) is 46.6 Å². The topological polar surface area (TPSA) is 201 Å². The highest BCUT2D eigenvalue weighted by molar-refractivity contribution is 7.45. The van der Waals surface area contributed by atoms with Gasteiger partial charge in [0.2, 0.25) is 5.91 Å². The predicted octanol–water partition coefficient (Wildman–Crippen LogP) is 1.21. The SMILES string of the molecule is C.C.COCCOCCOC(=O)NCCCCC(NC(=O)OCCOCCOC)C(=O)NCCCOP(=O)([O-])OC. The number of rotatable bonds is 25. The van der Waals surface area contributed by atoms with E-state index in [1.165, 1.54) is 7.11 Å². The molecule has 41 heavy (non-hydrogen) atoms. The number of carbonyl (C=O) groups is 3. The minimum Gasteiger partial charge on any atom is -0.756 e. The first-order valence-electron chi connectivity index (χ1n) is 12.5. The van der Waals surface area contributed by atoms with Crippen molar-refractivity contribution in [1.82, 2.24) is 16.0 Å². The van der Waals surface area contributed by atoms with Crippen molar-refractivity contribution in [3.05, 3.63) is 0 Å². The Morgan fingerprint density at radius 2 is 1.24 bits per heavy atom. The smallest absolute Gasteiger partial charge is 0.407 e. The summed E-state index contributed by atoms with van der Waals surface area (Å²) in [7, 11) is -0.259. The molecular weight excluding hydrogens is 569 g/mol. The molecule has 0 fully saturated rings. The lowest BCUT2D eigenvalue weighted by Crippen LogP contribution is -2.47. The van der Waals surface area contributed by atoms with Gasteiger partial charge in [0.05, 0.1) is 46.2 Å². The lowest BCUT2D eigenvalue weighted by atomic mass is 10.1. The summed E-state index contributed by atoms with van der Waals surface area (Å²) in [6.45, 7) is 2.35. The first kappa shape index (κ1) is 43.4. The van der Waals surface area contributed by atoms with E-state index in [2.05, 4.69) is 25.0 Å². The highest BCUT2D eigenvalue weighted by atomic mass is 31.2. The normalized spacial score (nSPS) is 12.6. The number of carbonyl (C=O) groups excluding carboxylic acids is 3. The van der Waals surface area contributed by atoms with E-state index in [4.69, 9.17) is 28.4 Å². The number of methoxy groups -OCH3 is 2. The van der Waals surface area contributed by atoms with Gasteiger partial charge < -0.3 is 58.3 Å². The van der Waals surface area contributed by atoms with Gasteiger partial charge in [-0.2, -0.15) is 0 Å². The van der Waals surface area contributed by atoms with Gasteiger partial charge in [-0.25, -0.2) is 9.59 Å². The molecule has 0 aliphatic carbocycles. The van der Waals surface area contributed by atoms with Crippen molar-refractivity contribution in [3.8, 4) is 0 Å². The lowest BCUT2D eigenvalue weighted by molar-refractivity contribution is -0.222. The molecule has 0 bridgehead atoms. The van der Waals surface area contributed by atoms with E-state index >= 15 is 0 Å². The zero-order valence-corrected chi connectivity index (χ0v) is 23.8. The van der Waals surface area contributed by atoms with Crippen molar-refractivity contribution in [2.24, 2.45) is 0 Å². The van der Waals surface area contributed by atoms with Gasteiger partial charge in [0.1, 0.15) is 19.3 Å². The maximum atomic E-state index is 12.6. The van der Waals surface area contributed by atoms with E-state index in [9.17, 15) is 23.8 Å². The third kappa shape index (κ3) is 27.9. The summed E-state index contributed by atoms with van der Waals surface area (Å²) in [6, 6.07) is -0.923. The Hall–Kier alpha value is -2.04. The highest BCUT2D eigenvalue weighted by Crippen LogP contribution is 2.36. The van der Waals surface area contributed by atoms with E-state index in [1.54, 1.807) is 7.11 Å². The summed E-state index contributed by atoms with van der Waals surface area (Å²) >= 11 is 0. The van der Waals surface area contributed by atoms with Crippen LogP contribution in [0.15, 0.2) is 0 Å². The van der Waals surface area contributed by atoms with Gasteiger partial charge in [-0.15, -0.1) is 0 Å². The van der Waals surface area contributed by atoms with Crippen LogP contribution in [0.2, 0.25) is 0 Å². The monoisotopic (exact) mass is 620 g/mol. The van der Waals surface area contributed by atoms with Gasteiger partial charge >= 0.3 is 12.2 Å². The summed E-state index contributed by atoms with van der Waals surface area (Å²) in [5.41, 5.74) is 0. The van der Waals surface area contributed by atoms with Crippen LogP contribution in [0.4, 0.5) is 9.59 Å².